The van der Waals surface area contributed by atoms with Gasteiger partial charge in [0, 0.05) is 30.9 Å². The van der Waals surface area contributed by atoms with Gasteiger partial charge < -0.3 is 14.4 Å². The zero-order valence-electron chi connectivity index (χ0n) is 16.9. The van der Waals surface area contributed by atoms with Crippen LogP contribution in [0.25, 0.3) is 0 Å². The molecule has 8 heteroatoms. The molecule has 0 aromatic heterocycles. The van der Waals surface area contributed by atoms with E-state index in [-0.39, 0.29) is 10.8 Å². The maximum atomic E-state index is 12.8. The van der Waals surface area contributed by atoms with Crippen LogP contribution in [-0.4, -0.2) is 39.5 Å². The van der Waals surface area contributed by atoms with E-state index in [2.05, 4.69) is 4.72 Å². The van der Waals surface area contributed by atoms with Crippen LogP contribution in [0, 0.1) is 0 Å². The van der Waals surface area contributed by atoms with E-state index in [1.807, 2.05) is 30.3 Å². The van der Waals surface area contributed by atoms with Crippen molar-refractivity contribution >= 4 is 21.6 Å². The fraction of sp³-hybridized carbons (Fsp3) is 0.174. The van der Waals surface area contributed by atoms with Gasteiger partial charge in [0.15, 0.2) is 11.5 Å². The first-order valence-electron chi connectivity index (χ1n) is 9.74. The van der Waals surface area contributed by atoms with E-state index in [0.717, 1.165) is 5.56 Å². The fourth-order valence-corrected chi connectivity index (χ4v) is 4.33. The van der Waals surface area contributed by atoms with E-state index < -0.39 is 10.0 Å². The van der Waals surface area contributed by atoms with Gasteiger partial charge in [-0.25, -0.2) is 8.42 Å². The van der Waals surface area contributed by atoms with Crippen LogP contribution in [0.15, 0.2) is 77.7 Å². The monoisotopic (exact) mass is 438 g/mol. The number of hydrogen-bond donors (Lipinski definition) is 1. The smallest absolute Gasteiger partial charge is 0.262 e. The molecule has 1 aliphatic rings. The Balaban J connectivity index is 1.51. The average Bonchev–Trinajstić information content (AvgIpc) is 2.78. The van der Waals surface area contributed by atoms with Gasteiger partial charge in [0.25, 0.3) is 15.9 Å². The molecule has 0 saturated heterocycles. The van der Waals surface area contributed by atoms with Gasteiger partial charge in [-0.2, -0.15) is 0 Å². The first kappa shape index (κ1) is 20.7. The molecule has 0 unspecified atom stereocenters. The highest BCUT2D eigenvalue weighted by Crippen LogP contribution is 2.32. The third-order valence-corrected chi connectivity index (χ3v) is 6.17. The van der Waals surface area contributed by atoms with E-state index in [4.69, 9.17) is 9.47 Å². The number of carbonyl (C=O) groups is 1. The predicted molar refractivity (Wildman–Crippen MR) is 117 cm³/mol. The largest absolute Gasteiger partial charge is 0.486 e. The van der Waals surface area contributed by atoms with Crippen molar-refractivity contribution in [3.63, 3.8) is 0 Å². The second kappa shape index (κ2) is 8.69. The van der Waals surface area contributed by atoms with E-state index in [0.29, 0.717) is 42.5 Å². The molecule has 1 heterocycles. The Labute approximate surface area is 181 Å². The van der Waals surface area contributed by atoms with Crippen LogP contribution in [-0.2, 0) is 16.6 Å². The number of nitrogens with one attached hydrogen (secondary N) is 1. The minimum Gasteiger partial charge on any atom is -0.486 e. The minimum absolute atomic E-state index is 0.0506. The minimum atomic E-state index is -3.87. The van der Waals surface area contributed by atoms with E-state index in [1.54, 1.807) is 36.2 Å². The number of ether oxygens (including phenoxy) is 2. The number of rotatable bonds is 6. The summed E-state index contributed by atoms with van der Waals surface area (Å²) in [6.07, 6.45) is 0. The normalized spacial score (nSPS) is 12.8. The van der Waals surface area contributed by atoms with Crippen molar-refractivity contribution in [2.24, 2.45) is 0 Å². The molecule has 7 nitrogen and oxygen atoms in total. The number of benzene rings is 3. The molecule has 160 valence electrons. The Bertz CT molecular complexity index is 1200. The molecule has 0 atom stereocenters. The average molecular weight is 439 g/mol. The lowest BCUT2D eigenvalue weighted by Gasteiger charge is -2.19. The second-order valence-electron chi connectivity index (χ2n) is 7.14. The SMILES string of the molecule is CN(Cc1ccccc1)C(=O)c1cccc(NS(=O)(=O)c2ccc3c(c2)OCCO3)c1. The van der Waals surface area contributed by atoms with Gasteiger partial charge >= 0.3 is 0 Å². The van der Waals surface area contributed by atoms with E-state index in [1.165, 1.54) is 18.2 Å². The summed E-state index contributed by atoms with van der Waals surface area (Å²) in [6.45, 7) is 1.24. The lowest BCUT2D eigenvalue weighted by atomic mass is 10.1. The van der Waals surface area contributed by atoms with Crippen LogP contribution in [0.5, 0.6) is 11.5 Å². The molecule has 1 aliphatic heterocycles. The summed E-state index contributed by atoms with van der Waals surface area (Å²) in [4.78, 5) is 14.5. The van der Waals surface area contributed by atoms with Crippen molar-refractivity contribution in [3.8, 4) is 11.5 Å². The quantitative estimate of drug-likeness (QED) is 0.636. The van der Waals surface area contributed by atoms with Crippen LogP contribution < -0.4 is 14.2 Å². The third-order valence-electron chi connectivity index (χ3n) is 4.79. The first-order chi connectivity index (χ1) is 14.9. The first-order valence-corrected chi connectivity index (χ1v) is 11.2. The van der Waals surface area contributed by atoms with Crippen LogP contribution in [0.1, 0.15) is 15.9 Å². The molecule has 0 bridgehead atoms. The highest BCUT2D eigenvalue weighted by molar-refractivity contribution is 7.92. The van der Waals surface area contributed by atoms with Gasteiger partial charge in [-0.15, -0.1) is 0 Å². The Morgan fingerprint density at radius 1 is 0.935 bits per heavy atom. The molecule has 1 amide bonds. The lowest BCUT2D eigenvalue weighted by Crippen LogP contribution is -2.26. The molecule has 0 radical (unpaired) electrons. The van der Waals surface area contributed by atoms with Gasteiger partial charge in [-0.05, 0) is 35.9 Å². The summed E-state index contributed by atoms with van der Waals surface area (Å²) in [7, 11) is -2.16. The fourth-order valence-electron chi connectivity index (χ4n) is 3.27. The van der Waals surface area contributed by atoms with Crippen molar-refractivity contribution < 1.29 is 22.7 Å². The molecule has 3 aromatic carbocycles. The molecule has 0 fully saturated rings. The third kappa shape index (κ3) is 4.80. The Kier molecular flexibility index (Phi) is 5.81. The van der Waals surface area contributed by atoms with Gasteiger partial charge in [0.05, 0.1) is 4.90 Å². The summed E-state index contributed by atoms with van der Waals surface area (Å²) in [5, 5.41) is 0. The predicted octanol–water partition coefficient (Wildman–Crippen LogP) is 3.53. The summed E-state index contributed by atoms with van der Waals surface area (Å²) < 4.78 is 39.1. The summed E-state index contributed by atoms with van der Waals surface area (Å²) in [5.74, 6) is 0.698. The molecule has 3 aromatic rings. The Morgan fingerprint density at radius 3 is 2.45 bits per heavy atom. The number of sulfonamides is 1. The summed E-state index contributed by atoms with van der Waals surface area (Å²) >= 11 is 0. The second-order valence-corrected chi connectivity index (χ2v) is 8.82. The lowest BCUT2D eigenvalue weighted by molar-refractivity contribution is 0.0785. The molecular weight excluding hydrogens is 416 g/mol. The van der Waals surface area contributed by atoms with E-state index >= 15 is 0 Å². The van der Waals surface area contributed by atoms with Crippen LogP contribution >= 0.6 is 0 Å². The van der Waals surface area contributed by atoms with Crippen molar-refractivity contribution in [2.45, 2.75) is 11.4 Å². The van der Waals surface area contributed by atoms with Gasteiger partial charge in [0.1, 0.15) is 13.2 Å². The topological polar surface area (TPSA) is 84.9 Å². The van der Waals surface area contributed by atoms with Crippen molar-refractivity contribution in [1.29, 1.82) is 0 Å². The maximum Gasteiger partial charge on any atom is 0.262 e. The van der Waals surface area contributed by atoms with Crippen molar-refractivity contribution in [1.82, 2.24) is 4.90 Å². The summed E-state index contributed by atoms with van der Waals surface area (Å²) in [6, 6.07) is 20.5. The number of amides is 1. The van der Waals surface area contributed by atoms with Crippen molar-refractivity contribution in [2.75, 3.05) is 25.0 Å². The molecule has 31 heavy (non-hydrogen) atoms. The molecule has 1 N–H and O–H groups in total. The molecule has 4 rings (SSSR count). The zero-order valence-corrected chi connectivity index (χ0v) is 17.8. The molecule has 0 spiro atoms. The standard InChI is InChI=1S/C23H22N2O5S/c1-25(16-17-6-3-2-4-7-17)23(26)18-8-5-9-19(14-18)24-31(27,28)20-10-11-21-22(15-20)30-13-12-29-21/h2-11,14-15,24H,12-13,16H2,1H3. The Hall–Kier alpha value is -3.52. The van der Waals surface area contributed by atoms with Gasteiger partial charge in [-0.3, -0.25) is 9.52 Å². The van der Waals surface area contributed by atoms with Gasteiger partial charge in [-0.1, -0.05) is 36.4 Å². The van der Waals surface area contributed by atoms with Crippen LogP contribution in [0.4, 0.5) is 5.69 Å². The number of anilines is 1. The zero-order chi connectivity index (χ0) is 21.8. The van der Waals surface area contributed by atoms with E-state index in [9.17, 15) is 13.2 Å². The van der Waals surface area contributed by atoms with Crippen LogP contribution in [0.2, 0.25) is 0 Å². The maximum absolute atomic E-state index is 12.8. The van der Waals surface area contributed by atoms with Gasteiger partial charge in [0.2, 0.25) is 0 Å². The number of fused-ring (bicyclic) bond motifs is 1. The Morgan fingerprint density at radius 2 is 1.68 bits per heavy atom. The highest BCUT2D eigenvalue weighted by atomic mass is 32.2. The number of carbonyl (C=O) groups excluding carboxylic acids is 1. The van der Waals surface area contributed by atoms with Crippen molar-refractivity contribution in [3.05, 3.63) is 83.9 Å². The number of nitrogens with zero attached hydrogens (tertiary/aromatic N) is 1. The molecule has 0 aliphatic carbocycles. The highest BCUT2D eigenvalue weighted by Gasteiger charge is 2.20. The molecular formula is C23H22N2O5S. The number of hydrogen-bond acceptors (Lipinski definition) is 5. The molecule has 0 saturated carbocycles. The van der Waals surface area contributed by atoms with Crippen LogP contribution in [0.3, 0.4) is 0 Å². The summed E-state index contributed by atoms with van der Waals surface area (Å²) in [5.41, 5.74) is 1.70.